The first-order valence-corrected chi connectivity index (χ1v) is 6.75. The van der Waals surface area contributed by atoms with Gasteiger partial charge < -0.3 is 9.47 Å². The third-order valence-corrected chi connectivity index (χ3v) is 2.58. The Morgan fingerprint density at radius 1 is 1.05 bits per heavy atom. The summed E-state index contributed by atoms with van der Waals surface area (Å²) in [5.74, 6) is 0.972. The number of benzene rings is 1. The minimum absolute atomic E-state index is 0.366. The molecule has 0 aliphatic carbocycles. The maximum atomic E-state index is 9.52. The topological polar surface area (TPSA) is 42.6 Å². The lowest BCUT2D eigenvalue weighted by molar-refractivity contribution is -0.906. The van der Waals surface area contributed by atoms with Gasteiger partial charge in [0.2, 0.25) is 0 Å². The largest absolute Gasteiger partial charge is 0.487 e. The van der Waals surface area contributed by atoms with Gasteiger partial charge in [-0.05, 0) is 11.6 Å². The van der Waals surface area contributed by atoms with Gasteiger partial charge in [-0.1, -0.05) is 44.2 Å². The number of pyridine rings is 1. The van der Waals surface area contributed by atoms with Crippen LogP contribution in [-0.4, -0.2) is 18.9 Å². The van der Waals surface area contributed by atoms with E-state index in [1.165, 1.54) is 18.9 Å². The van der Waals surface area contributed by atoms with E-state index >= 15 is 0 Å². The van der Waals surface area contributed by atoms with Crippen molar-refractivity contribution in [2.24, 2.45) is 0 Å². The van der Waals surface area contributed by atoms with Gasteiger partial charge in [-0.15, -0.1) is 0 Å². The summed E-state index contributed by atoms with van der Waals surface area (Å²) in [4.78, 5) is 0. The summed E-state index contributed by atoms with van der Waals surface area (Å²) in [7, 11) is 1.50. The Morgan fingerprint density at radius 3 is 2.35 bits per heavy atom. The first kappa shape index (κ1) is 15.8. The number of methoxy groups -OCH3 is 1. The average molecular weight is 276 g/mol. The van der Waals surface area contributed by atoms with Crippen LogP contribution < -0.4 is 14.2 Å². The second kappa shape index (κ2) is 8.80. The monoisotopic (exact) mass is 276 g/mol. The molecule has 0 radical (unpaired) electrons. The summed E-state index contributed by atoms with van der Waals surface area (Å²) in [6.45, 7) is 4.57. The normalized spacial score (nSPS) is 9.35. The second-order valence-corrected chi connectivity index (χ2v) is 3.84. The van der Waals surface area contributed by atoms with Crippen LogP contribution in [-0.2, 0) is 6.42 Å². The number of hydrogen-bond acceptors (Lipinski definition) is 3. The Bertz CT molecular complexity index is 500. The average Bonchev–Trinajstić information content (AvgIpc) is 2.51. The van der Waals surface area contributed by atoms with Gasteiger partial charge in [-0.25, -0.2) is 0 Å². The highest BCUT2D eigenvalue weighted by Gasteiger charge is 2.11. The molecule has 0 aliphatic rings. The van der Waals surface area contributed by atoms with E-state index in [4.69, 9.17) is 9.47 Å². The van der Waals surface area contributed by atoms with Crippen molar-refractivity contribution in [3.8, 4) is 11.6 Å². The maximum Gasteiger partial charge on any atom is 0.416 e. The van der Waals surface area contributed by atoms with Crippen LogP contribution in [0.5, 0.6) is 11.6 Å². The third kappa shape index (κ3) is 4.80. The summed E-state index contributed by atoms with van der Waals surface area (Å²) < 4.78 is 11.4. The molecule has 2 rings (SSSR count). The van der Waals surface area contributed by atoms with E-state index in [2.05, 4.69) is 12.1 Å². The molecule has 1 aromatic heterocycles. The molecule has 0 saturated carbocycles. The molecule has 1 aromatic carbocycles. The van der Waals surface area contributed by atoms with Crippen molar-refractivity contribution in [1.29, 1.82) is 0 Å². The first-order valence-electron chi connectivity index (χ1n) is 6.75. The molecule has 20 heavy (non-hydrogen) atoms. The van der Waals surface area contributed by atoms with Crippen LogP contribution in [0.25, 0.3) is 0 Å². The Balaban J connectivity index is 0.000000956. The van der Waals surface area contributed by atoms with Crippen molar-refractivity contribution in [3.63, 3.8) is 0 Å². The molecule has 0 fully saturated rings. The zero-order valence-electron chi connectivity index (χ0n) is 12.2. The van der Waals surface area contributed by atoms with Gasteiger partial charge in [-0.2, -0.15) is 0 Å². The smallest absolute Gasteiger partial charge is 0.416 e. The minimum atomic E-state index is 0.366. The van der Waals surface area contributed by atoms with Crippen LogP contribution in [0.3, 0.4) is 0 Å². The molecular formula is C16H22NO3+. The molecule has 0 bridgehead atoms. The Labute approximate surface area is 120 Å². The van der Waals surface area contributed by atoms with E-state index in [-0.39, 0.29) is 0 Å². The van der Waals surface area contributed by atoms with Crippen molar-refractivity contribution in [1.82, 2.24) is 0 Å². The van der Waals surface area contributed by atoms with Crippen molar-refractivity contribution in [2.45, 2.75) is 20.3 Å². The van der Waals surface area contributed by atoms with Crippen LogP contribution in [0.1, 0.15) is 19.4 Å². The molecule has 4 nitrogen and oxygen atoms in total. The predicted molar refractivity (Wildman–Crippen MR) is 77.4 cm³/mol. The fourth-order valence-electron chi connectivity index (χ4n) is 1.64. The summed E-state index contributed by atoms with van der Waals surface area (Å²) in [5.41, 5.74) is 1.22. The number of nitrogens with zero attached hydrogens (tertiary/aromatic N) is 1. The van der Waals surface area contributed by atoms with Crippen LogP contribution in [0.15, 0.2) is 48.7 Å². The summed E-state index contributed by atoms with van der Waals surface area (Å²) in [6, 6.07) is 13.5. The van der Waals surface area contributed by atoms with Gasteiger partial charge in [0.25, 0.3) is 6.20 Å². The quantitative estimate of drug-likeness (QED) is 0.674. The van der Waals surface area contributed by atoms with Gasteiger partial charge in [-0.3, -0.25) is 5.21 Å². The highest BCUT2D eigenvalue weighted by molar-refractivity contribution is 5.19. The number of aromatic nitrogens is 1. The van der Waals surface area contributed by atoms with Gasteiger partial charge in [0.05, 0.1) is 19.8 Å². The van der Waals surface area contributed by atoms with E-state index in [1.807, 2.05) is 32.0 Å². The Kier molecular flexibility index (Phi) is 6.96. The molecule has 0 atom stereocenters. The van der Waals surface area contributed by atoms with Crippen molar-refractivity contribution in [2.75, 3.05) is 13.7 Å². The zero-order chi connectivity index (χ0) is 14.8. The summed E-state index contributed by atoms with van der Waals surface area (Å²) in [5, 5.41) is 9.52. The molecular weight excluding hydrogens is 254 g/mol. The highest BCUT2D eigenvalue weighted by Crippen LogP contribution is 2.11. The molecule has 4 heteroatoms. The van der Waals surface area contributed by atoms with E-state index in [0.29, 0.717) is 18.2 Å². The number of rotatable bonds is 5. The zero-order valence-corrected chi connectivity index (χ0v) is 12.2. The maximum absolute atomic E-state index is 9.52. The van der Waals surface area contributed by atoms with E-state index in [0.717, 1.165) is 11.2 Å². The molecule has 0 spiro atoms. The molecule has 1 N–H and O–H groups in total. The van der Waals surface area contributed by atoms with E-state index in [9.17, 15) is 5.21 Å². The molecule has 2 aromatic rings. The lowest BCUT2D eigenvalue weighted by atomic mass is 10.2. The number of ether oxygens (including phenoxy) is 2. The van der Waals surface area contributed by atoms with Crippen LogP contribution in [0.2, 0.25) is 0 Å². The van der Waals surface area contributed by atoms with E-state index in [1.54, 1.807) is 12.1 Å². The van der Waals surface area contributed by atoms with Gasteiger partial charge in [0.15, 0.2) is 5.75 Å². The first-order chi connectivity index (χ1) is 9.79. The molecule has 0 amide bonds. The highest BCUT2D eigenvalue weighted by atomic mass is 16.5. The lowest BCUT2D eigenvalue weighted by Gasteiger charge is -2.04. The minimum Gasteiger partial charge on any atom is -0.487 e. The molecule has 0 unspecified atom stereocenters. The fourth-order valence-corrected chi connectivity index (χ4v) is 1.64. The predicted octanol–water partition coefficient (Wildman–Crippen LogP) is 2.87. The van der Waals surface area contributed by atoms with E-state index < -0.39 is 0 Å². The molecule has 1 heterocycles. The summed E-state index contributed by atoms with van der Waals surface area (Å²) in [6.07, 6.45) is 2.31. The second-order valence-electron chi connectivity index (χ2n) is 3.84. The molecule has 0 saturated heterocycles. The van der Waals surface area contributed by atoms with Gasteiger partial charge >= 0.3 is 5.88 Å². The Hall–Kier alpha value is -2.23. The van der Waals surface area contributed by atoms with Crippen molar-refractivity contribution in [3.05, 3.63) is 54.2 Å². The molecule has 0 aliphatic heterocycles. The SMILES string of the molecule is CC.COc1ccc(OCCc2ccccc2)c[n+]1O. The Morgan fingerprint density at radius 2 is 1.75 bits per heavy atom. The number of hydrogen-bond donors (Lipinski definition) is 1. The van der Waals surface area contributed by atoms with Gasteiger partial charge in [0, 0.05) is 11.2 Å². The lowest BCUT2D eigenvalue weighted by Crippen LogP contribution is -2.31. The van der Waals surface area contributed by atoms with Crippen LogP contribution in [0, 0.1) is 0 Å². The molecule has 108 valence electrons. The standard InChI is InChI=1S/C14H16NO3.C2H6/c1-17-14-8-7-13(11-15(14)16)18-10-9-12-5-3-2-4-6-12;1-2/h2-8,11,16H,9-10H2,1H3;1-2H3/q+1;. The summed E-state index contributed by atoms with van der Waals surface area (Å²) >= 11 is 0. The third-order valence-electron chi connectivity index (χ3n) is 2.58. The van der Waals surface area contributed by atoms with Crippen LogP contribution in [0.4, 0.5) is 0 Å². The van der Waals surface area contributed by atoms with Crippen LogP contribution >= 0.6 is 0 Å². The van der Waals surface area contributed by atoms with Crippen molar-refractivity contribution < 1.29 is 19.4 Å². The van der Waals surface area contributed by atoms with Gasteiger partial charge in [0.1, 0.15) is 0 Å². The fraction of sp³-hybridized carbons (Fsp3) is 0.312. The van der Waals surface area contributed by atoms with Crippen molar-refractivity contribution >= 4 is 0 Å².